The van der Waals surface area contributed by atoms with E-state index in [-0.39, 0.29) is 31.3 Å². The van der Waals surface area contributed by atoms with Crippen LogP contribution in [0.25, 0.3) is 0 Å². The number of hydrogen-bond acceptors (Lipinski definition) is 9. The minimum absolute atomic E-state index is 0.0304. The fourth-order valence-corrected chi connectivity index (χ4v) is 3.07. The highest BCUT2D eigenvalue weighted by Gasteiger charge is 2.17. The first-order chi connectivity index (χ1) is 15.7. The molecule has 1 aliphatic rings. The zero-order chi connectivity index (χ0) is 24.6. The highest BCUT2D eigenvalue weighted by molar-refractivity contribution is 5.92. The van der Waals surface area contributed by atoms with E-state index in [0.717, 1.165) is 56.8 Å². The van der Waals surface area contributed by atoms with E-state index in [0.29, 0.717) is 6.42 Å². The van der Waals surface area contributed by atoms with Crippen LogP contribution in [-0.2, 0) is 38.1 Å². The number of carbonyl (C=O) groups is 4. The van der Waals surface area contributed by atoms with E-state index in [2.05, 4.69) is 4.90 Å². The molecule has 0 saturated carbocycles. The van der Waals surface area contributed by atoms with Crippen molar-refractivity contribution >= 4 is 23.9 Å². The molecule has 0 amide bonds. The van der Waals surface area contributed by atoms with Gasteiger partial charge >= 0.3 is 23.9 Å². The van der Waals surface area contributed by atoms with Crippen molar-refractivity contribution in [2.24, 2.45) is 5.92 Å². The first-order valence-electron chi connectivity index (χ1n) is 11.5. The number of likely N-dealkylation sites (tertiary alicyclic amines) is 1. The van der Waals surface area contributed by atoms with Crippen LogP contribution in [0.1, 0.15) is 53.4 Å². The molecule has 0 spiro atoms. The van der Waals surface area contributed by atoms with E-state index in [1.165, 1.54) is 6.42 Å². The van der Waals surface area contributed by atoms with E-state index in [4.69, 9.17) is 18.9 Å². The van der Waals surface area contributed by atoms with Crippen molar-refractivity contribution < 1.29 is 38.1 Å². The number of hydrogen-bond donors (Lipinski definition) is 0. The maximum Gasteiger partial charge on any atom is 0.331 e. The molecular weight excluding hydrogens is 430 g/mol. The predicted octanol–water partition coefficient (Wildman–Crippen LogP) is 2.58. The van der Waals surface area contributed by atoms with Gasteiger partial charge in [0.2, 0.25) is 0 Å². The van der Waals surface area contributed by atoms with Crippen molar-refractivity contribution in [2.45, 2.75) is 65.6 Å². The molecule has 0 aromatic heterocycles. The normalized spacial score (nSPS) is 14.9. The Hall–Kier alpha value is -2.68. The summed E-state index contributed by atoms with van der Waals surface area (Å²) in [5.74, 6) is -2.84. The molecule has 0 unspecified atom stereocenters. The van der Waals surface area contributed by atoms with Gasteiger partial charge in [-0.2, -0.15) is 0 Å². The average molecular weight is 468 g/mol. The van der Waals surface area contributed by atoms with Gasteiger partial charge in [-0.1, -0.05) is 6.42 Å². The van der Waals surface area contributed by atoms with Crippen molar-refractivity contribution in [3.8, 4) is 0 Å². The number of rotatable bonds is 13. The van der Waals surface area contributed by atoms with Crippen LogP contribution in [0.5, 0.6) is 0 Å². The van der Waals surface area contributed by atoms with Gasteiger partial charge in [0.15, 0.2) is 0 Å². The summed E-state index contributed by atoms with van der Waals surface area (Å²) in [6.07, 6.45) is 7.71. The maximum absolute atomic E-state index is 11.9. The minimum atomic E-state index is -0.679. The largest absolute Gasteiger partial charge is 0.462 e. The van der Waals surface area contributed by atoms with Crippen LogP contribution in [0.2, 0.25) is 0 Å². The van der Waals surface area contributed by atoms with Crippen LogP contribution < -0.4 is 0 Å². The van der Waals surface area contributed by atoms with Crippen molar-refractivity contribution in [2.75, 3.05) is 32.8 Å². The van der Waals surface area contributed by atoms with Crippen molar-refractivity contribution in [1.82, 2.24) is 4.90 Å². The molecule has 1 fully saturated rings. The zero-order valence-corrected chi connectivity index (χ0v) is 20.1. The summed E-state index contributed by atoms with van der Waals surface area (Å²) in [6.45, 7) is 9.74. The van der Waals surface area contributed by atoms with Crippen LogP contribution in [-0.4, -0.2) is 73.8 Å². The molecule has 1 rings (SSSR count). The Bertz CT molecular complexity index is 645. The highest BCUT2D eigenvalue weighted by atomic mass is 16.6. The molecule has 1 heterocycles. The molecule has 9 heteroatoms. The van der Waals surface area contributed by atoms with Gasteiger partial charge in [-0.3, -0.25) is 0 Å². The fourth-order valence-electron chi connectivity index (χ4n) is 3.07. The Labute approximate surface area is 196 Å². The van der Waals surface area contributed by atoms with Crippen LogP contribution in [0, 0.1) is 5.92 Å². The summed E-state index contributed by atoms with van der Waals surface area (Å²) in [6, 6.07) is 0. The smallest absolute Gasteiger partial charge is 0.331 e. The third-order valence-corrected chi connectivity index (χ3v) is 4.64. The fraction of sp³-hybridized carbons (Fsp3) is 0.667. The number of carbonyl (C=O) groups excluding carboxylic acids is 4. The third kappa shape index (κ3) is 14.9. The second kappa shape index (κ2) is 16.0. The molecule has 1 aliphatic heterocycles. The van der Waals surface area contributed by atoms with Crippen LogP contribution in [0.3, 0.4) is 0 Å². The Morgan fingerprint density at radius 2 is 1.12 bits per heavy atom. The van der Waals surface area contributed by atoms with Gasteiger partial charge in [-0.25, -0.2) is 19.2 Å². The quantitative estimate of drug-likeness (QED) is 0.229. The lowest BCUT2D eigenvalue weighted by molar-refractivity contribution is -0.145. The zero-order valence-electron chi connectivity index (χ0n) is 20.1. The maximum atomic E-state index is 11.9. The predicted molar refractivity (Wildman–Crippen MR) is 121 cm³/mol. The summed E-state index contributed by atoms with van der Waals surface area (Å²) < 4.78 is 20.3. The summed E-state index contributed by atoms with van der Waals surface area (Å²) >= 11 is 0. The van der Waals surface area contributed by atoms with Crippen molar-refractivity contribution in [3.05, 3.63) is 24.3 Å². The molecule has 0 aromatic carbocycles. The molecule has 0 bridgehead atoms. The second-order valence-electron chi connectivity index (χ2n) is 8.46. The summed E-state index contributed by atoms with van der Waals surface area (Å²) in [4.78, 5) is 49.2. The Morgan fingerprint density at radius 3 is 1.55 bits per heavy atom. The molecule has 0 atom stereocenters. The molecule has 9 nitrogen and oxygen atoms in total. The van der Waals surface area contributed by atoms with E-state index in [1.54, 1.807) is 27.7 Å². The summed E-state index contributed by atoms with van der Waals surface area (Å²) in [5.41, 5.74) is 0. The Balaban J connectivity index is 2.55. The Morgan fingerprint density at radius 1 is 0.697 bits per heavy atom. The first kappa shape index (κ1) is 28.4. The topological polar surface area (TPSA) is 108 Å². The highest BCUT2D eigenvalue weighted by Crippen LogP contribution is 2.13. The van der Waals surface area contributed by atoms with Crippen LogP contribution in [0.4, 0.5) is 0 Å². The lowest BCUT2D eigenvalue weighted by atomic mass is 10.1. The Kier molecular flexibility index (Phi) is 13.8. The standard InChI is InChI=1S/C24H37NO8/c1-18(2)32-23(28)10-8-21(26)30-16-20(12-15-25-13-6-5-7-14-25)17-31-22(27)9-11-24(29)33-19(3)4/h8-11,18-20H,5-7,12-17H2,1-4H3/b10-8+,11-9+. The van der Waals surface area contributed by atoms with E-state index in [9.17, 15) is 19.2 Å². The van der Waals surface area contributed by atoms with E-state index in [1.807, 2.05) is 0 Å². The van der Waals surface area contributed by atoms with Gasteiger partial charge in [-0.05, 0) is 66.6 Å². The number of piperidine rings is 1. The molecule has 1 saturated heterocycles. The number of esters is 4. The lowest BCUT2D eigenvalue weighted by Crippen LogP contribution is -2.33. The monoisotopic (exact) mass is 467 g/mol. The number of ether oxygens (including phenoxy) is 4. The summed E-state index contributed by atoms with van der Waals surface area (Å²) in [5, 5.41) is 0. The van der Waals surface area contributed by atoms with E-state index < -0.39 is 23.9 Å². The van der Waals surface area contributed by atoms with Crippen LogP contribution in [0.15, 0.2) is 24.3 Å². The first-order valence-corrected chi connectivity index (χ1v) is 11.5. The molecule has 0 aliphatic carbocycles. The molecule has 186 valence electrons. The van der Waals surface area contributed by atoms with Crippen molar-refractivity contribution in [3.63, 3.8) is 0 Å². The van der Waals surface area contributed by atoms with Crippen LogP contribution >= 0.6 is 0 Å². The van der Waals surface area contributed by atoms with E-state index >= 15 is 0 Å². The van der Waals surface area contributed by atoms with Gasteiger partial charge in [0.05, 0.1) is 25.4 Å². The number of nitrogens with zero attached hydrogens (tertiary/aromatic N) is 1. The van der Waals surface area contributed by atoms with Gasteiger partial charge in [0, 0.05) is 30.2 Å². The lowest BCUT2D eigenvalue weighted by Gasteiger charge is -2.28. The molecule has 0 aromatic rings. The average Bonchev–Trinajstić information content (AvgIpc) is 2.75. The minimum Gasteiger partial charge on any atom is -0.462 e. The van der Waals surface area contributed by atoms with Gasteiger partial charge in [-0.15, -0.1) is 0 Å². The molecule has 0 N–H and O–H groups in total. The summed E-state index contributed by atoms with van der Waals surface area (Å²) in [7, 11) is 0. The SMILES string of the molecule is CC(C)OC(=O)/C=C/C(=O)OCC(CCN1CCCCC1)COC(=O)/C=C/C(=O)OC(C)C. The van der Waals surface area contributed by atoms with Gasteiger partial charge < -0.3 is 23.8 Å². The molecule has 0 radical (unpaired) electrons. The third-order valence-electron chi connectivity index (χ3n) is 4.64. The second-order valence-corrected chi connectivity index (χ2v) is 8.46. The van der Waals surface area contributed by atoms with Gasteiger partial charge in [0.25, 0.3) is 0 Å². The molecular formula is C24H37NO8. The molecule has 33 heavy (non-hydrogen) atoms. The van der Waals surface area contributed by atoms with Crippen molar-refractivity contribution in [1.29, 1.82) is 0 Å². The van der Waals surface area contributed by atoms with Gasteiger partial charge in [0.1, 0.15) is 0 Å².